The second-order valence-corrected chi connectivity index (χ2v) is 9.29. The Labute approximate surface area is 201 Å². The molecule has 0 saturated carbocycles. The minimum Gasteiger partial charge on any atom is -0.612 e. The predicted octanol–water partition coefficient (Wildman–Crippen LogP) is 2.45. The lowest BCUT2D eigenvalue weighted by molar-refractivity contribution is -0.134. The van der Waals surface area contributed by atoms with E-state index in [9.17, 15) is 19.6 Å². The van der Waals surface area contributed by atoms with Gasteiger partial charge in [-0.3, -0.25) is 9.59 Å². The largest absolute Gasteiger partial charge is 0.612 e. The summed E-state index contributed by atoms with van der Waals surface area (Å²) < 4.78 is 17.4. The smallest absolute Gasteiger partial charge is 0.300 e. The van der Waals surface area contributed by atoms with Crippen molar-refractivity contribution >= 4 is 40.4 Å². The molecule has 2 aromatic carbocycles. The van der Waals surface area contributed by atoms with Gasteiger partial charge in [0.15, 0.2) is 4.90 Å². The van der Waals surface area contributed by atoms with Gasteiger partial charge in [-0.1, -0.05) is 19.9 Å². The SMILES string of the molecule is CC(=O)O.CC(C)NCC(O)COc1cccc2c1/C(=C/c1ccc([S+](C)[O-])cc1O)C(=O)N2. The summed E-state index contributed by atoms with van der Waals surface area (Å²) in [7, 11) is 0. The molecule has 1 heterocycles. The summed E-state index contributed by atoms with van der Waals surface area (Å²) in [4.78, 5) is 22.1. The number of hydrogen-bond donors (Lipinski definition) is 5. The fourth-order valence-corrected chi connectivity index (χ4v) is 3.61. The average molecular weight is 491 g/mol. The Kier molecular flexibility index (Phi) is 9.94. The van der Waals surface area contributed by atoms with Crippen molar-refractivity contribution in [3.05, 3.63) is 47.5 Å². The van der Waals surface area contributed by atoms with Crippen molar-refractivity contribution in [2.24, 2.45) is 0 Å². The first-order valence-corrected chi connectivity index (χ1v) is 12.1. The molecule has 0 radical (unpaired) electrons. The van der Waals surface area contributed by atoms with Gasteiger partial charge in [-0.2, -0.15) is 0 Å². The lowest BCUT2D eigenvalue weighted by Gasteiger charge is -2.16. The molecule has 3 rings (SSSR count). The van der Waals surface area contributed by atoms with E-state index in [2.05, 4.69) is 10.6 Å². The molecule has 1 aliphatic heterocycles. The molecule has 0 saturated heterocycles. The molecular formula is C24H30N2O7S. The normalized spacial score (nSPS) is 15.3. The Morgan fingerprint density at radius 1 is 1.29 bits per heavy atom. The quantitative estimate of drug-likeness (QED) is 0.280. The topological polar surface area (TPSA) is 151 Å². The van der Waals surface area contributed by atoms with E-state index in [-0.39, 0.29) is 24.3 Å². The summed E-state index contributed by atoms with van der Waals surface area (Å²) in [6.07, 6.45) is 2.40. The van der Waals surface area contributed by atoms with Crippen LogP contribution in [-0.2, 0) is 20.8 Å². The molecule has 34 heavy (non-hydrogen) atoms. The number of fused-ring (bicyclic) bond motifs is 1. The van der Waals surface area contributed by atoms with Gasteiger partial charge in [-0.25, -0.2) is 0 Å². The van der Waals surface area contributed by atoms with Gasteiger partial charge in [0, 0.05) is 31.1 Å². The Bertz CT molecular complexity index is 1050. The second kappa shape index (κ2) is 12.4. The highest BCUT2D eigenvalue weighted by atomic mass is 32.2. The van der Waals surface area contributed by atoms with Crippen LogP contribution in [0.2, 0.25) is 0 Å². The number of aliphatic hydroxyl groups excluding tert-OH is 1. The van der Waals surface area contributed by atoms with Crippen molar-refractivity contribution in [1.82, 2.24) is 5.32 Å². The maximum Gasteiger partial charge on any atom is 0.300 e. The van der Waals surface area contributed by atoms with Crippen LogP contribution in [0.15, 0.2) is 41.3 Å². The number of carbonyl (C=O) groups excluding carboxylic acids is 1. The molecule has 0 aromatic heterocycles. The standard InChI is InChI=1S/C22H26N2O5S.C2H4O2/c1-13(2)23-11-15(25)12-29-20-6-4-5-18-21(20)17(22(27)24-18)9-14-7-8-16(30(3)28)10-19(14)26;1-2(3)4/h4-10,13,15,23,25-26H,11-12H2,1-3H3,(H,24,27);1H3,(H,3,4)/b17-9-;. The number of phenolic OH excluding ortho intramolecular Hbond substituents is 1. The number of phenols is 1. The first-order valence-electron chi connectivity index (χ1n) is 10.6. The molecule has 1 aliphatic rings. The Balaban J connectivity index is 0.000000945. The number of aromatic hydroxyl groups is 1. The number of benzene rings is 2. The Hall–Kier alpha value is -3.05. The van der Waals surface area contributed by atoms with Crippen molar-refractivity contribution < 1.29 is 34.2 Å². The van der Waals surface area contributed by atoms with Crippen molar-refractivity contribution in [3.63, 3.8) is 0 Å². The van der Waals surface area contributed by atoms with Crippen LogP contribution in [-0.4, -0.2) is 63.3 Å². The van der Waals surface area contributed by atoms with Crippen LogP contribution < -0.4 is 15.4 Å². The lowest BCUT2D eigenvalue weighted by atomic mass is 10.0. The van der Waals surface area contributed by atoms with Crippen LogP contribution in [0.5, 0.6) is 11.5 Å². The van der Waals surface area contributed by atoms with Crippen molar-refractivity contribution in [2.75, 3.05) is 24.7 Å². The summed E-state index contributed by atoms with van der Waals surface area (Å²) in [5, 5.41) is 33.8. The van der Waals surface area contributed by atoms with E-state index in [1.54, 1.807) is 36.4 Å². The number of rotatable bonds is 8. The molecule has 0 spiro atoms. The third-order valence-electron chi connectivity index (χ3n) is 4.62. The van der Waals surface area contributed by atoms with E-state index >= 15 is 0 Å². The Morgan fingerprint density at radius 3 is 2.56 bits per heavy atom. The maximum absolute atomic E-state index is 12.6. The minimum absolute atomic E-state index is 0.0648. The molecule has 0 fully saturated rings. The van der Waals surface area contributed by atoms with E-state index in [0.717, 1.165) is 6.92 Å². The number of amides is 1. The fraction of sp³-hybridized carbons (Fsp3) is 0.333. The van der Waals surface area contributed by atoms with E-state index in [1.807, 2.05) is 13.8 Å². The van der Waals surface area contributed by atoms with E-state index < -0.39 is 23.2 Å². The maximum atomic E-state index is 12.6. The van der Waals surface area contributed by atoms with Crippen LogP contribution in [0.4, 0.5) is 5.69 Å². The summed E-state index contributed by atoms with van der Waals surface area (Å²) in [5.74, 6) is -0.748. The van der Waals surface area contributed by atoms with Crippen LogP contribution in [0.1, 0.15) is 31.9 Å². The molecule has 9 nitrogen and oxygen atoms in total. The Morgan fingerprint density at radius 2 is 1.97 bits per heavy atom. The van der Waals surface area contributed by atoms with Crippen molar-refractivity contribution in [2.45, 2.75) is 37.8 Å². The molecule has 0 bridgehead atoms. The lowest BCUT2D eigenvalue weighted by Crippen LogP contribution is -2.35. The number of aliphatic carboxylic acids is 1. The molecule has 0 aliphatic carbocycles. The summed E-state index contributed by atoms with van der Waals surface area (Å²) >= 11 is -1.22. The van der Waals surface area contributed by atoms with Crippen molar-refractivity contribution in [1.29, 1.82) is 0 Å². The summed E-state index contributed by atoms with van der Waals surface area (Å²) in [6.45, 7) is 5.53. The van der Waals surface area contributed by atoms with Gasteiger partial charge in [0.1, 0.15) is 30.5 Å². The third kappa shape index (κ3) is 7.77. The second-order valence-electron chi connectivity index (χ2n) is 7.91. The first-order chi connectivity index (χ1) is 16.0. The van der Waals surface area contributed by atoms with Gasteiger partial charge in [0.2, 0.25) is 0 Å². The van der Waals surface area contributed by atoms with Gasteiger partial charge in [-0.05, 0) is 41.5 Å². The molecule has 1 amide bonds. The highest BCUT2D eigenvalue weighted by Crippen LogP contribution is 2.40. The molecule has 2 unspecified atom stereocenters. The predicted molar refractivity (Wildman–Crippen MR) is 131 cm³/mol. The third-order valence-corrected chi connectivity index (χ3v) is 5.53. The molecule has 2 atom stereocenters. The summed E-state index contributed by atoms with van der Waals surface area (Å²) in [6, 6.07) is 10.2. The molecule has 184 valence electrons. The molecule has 5 N–H and O–H groups in total. The van der Waals surface area contributed by atoms with Gasteiger partial charge in [0.05, 0.1) is 16.8 Å². The molecule has 10 heteroatoms. The number of carboxylic acid groups (broad SMARTS) is 1. The molecular weight excluding hydrogens is 460 g/mol. The van der Waals surface area contributed by atoms with E-state index in [4.69, 9.17) is 14.6 Å². The zero-order valence-electron chi connectivity index (χ0n) is 19.5. The fourth-order valence-electron chi connectivity index (χ4n) is 3.07. The number of aliphatic hydroxyl groups is 1. The monoisotopic (exact) mass is 490 g/mol. The van der Waals surface area contributed by atoms with Crippen LogP contribution in [0, 0.1) is 0 Å². The number of ether oxygens (including phenoxy) is 1. The number of carbonyl (C=O) groups is 2. The number of hydrogen-bond acceptors (Lipinski definition) is 7. The number of anilines is 1. The number of carboxylic acids is 1. The van der Waals surface area contributed by atoms with E-state index in [1.165, 1.54) is 12.3 Å². The summed E-state index contributed by atoms with van der Waals surface area (Å²) in [5.41, 5.74) is 1.95. The number of nitrogens with one attached hydrogen (secondary N) is 2. The van der Waals surface area contributed by atoms with Gasteiger partial charge < -0.3 is 35.2 Å². The van der Waals surface area contributed by atoms with E-state index in [0.29, 0.717) is 39.6 Å². The van der Waals surface area contributed by atoms with Gasteiger partial charge in [-0.15, -0.1) is 0 Å². The van der Waals surface area contributed by atoms with Crippen LogP contribution in [0.25, 0.3) is 11.6 Å². The van der Waals surface area contributed by atoms with Gasteiger partial charge in [0.25, 0.3) is 11.9 Å². The van der Waals surface area contributed by atoms with Crippen LogP contribution >= 0.6 is 0 Å². The first kappa shape index (κ1) is 27.2. The van der Waals surface area contributed by atoms with Gasteiger partial charge >= 0.3 is 0 Å². The average Bonchev–Trinajstić information content (AvgIpc) is 3.07. The highest BCUT2D eigenvalue weighted by molar-refractivity contribution is 7.90. The minimum atomic E-state index is -1.22. The highest BCUT2D eigenvalue weighted by Gasteiger charge is 2.28. The van der Waals surface area contributed by atoms with Crippen molar-refractivity contribution in [3.8, 4) is 11.5 Å². The molecule has 2 aromatic rings. The zero-order valence-corrected chi connectivity index (χ0v) is 20.3. The van der Waals surface area contributed by atoms with Crippen LogP contribution in [0.3, 0.4) is 0 Å². The zero-order chi connectivity index (χ0) is 25.4.